The van der Waals surface area contributed by atoms with Crippen molar-refractivity contribution in [1.29, 1.82) is 0 Å². The Morgan fingerprint density at radius 1 is 1.52 bits per heavy atom. The molecule has 0 bridgehead atoms. The fourth-order valence-corrected chi connectivity index (χ4v) is 4.52. The molecule has 0 radical (unpaired) electrons. The highest BCUT2D eigenvalue weighted by Gasteiger charge is 2.33. The van der Waals surface area contributed by atoms with E-state index in [9.17, 15) is 8.42 Å². The molecule has 0 aromatic carbocycles. The number of likely N-dealkylation sites (N-methyl/N-ethyl adjacent to an activating group) is 1. The zero-order valence-corrected chi connectivity index (χ0v) is 14.5. The van der Waals surface area contributed by atoms with Gasteiger partial charge in [0, 0.05) is 36.3 Å². The van der Waals surface area contributed by atoms with Gasteiger partial charge in [0.2, 0.25) is 10.0 Å². The lowest BCUT2D eigenvalue weighted by atomic mass is 10.1. The molecule has 1 atom stereocenters. The number of piperazine rings is 1. The second-order valence-electron chi connectivity index (χ2n) is 5.05. The third-order valence-electron chi connectivity index (χ3n) is 3.78. The number of nitrogen functional groups attached to an aromatic ring is 1. The van der Waals surface area contributed by atoms with Crippen LogP contribution < -0.4 is 11.3 Å². The topological polar surface area (TPSA) is 91.6 Å². The summed E-state index contributed by atoms with van der Waals surface area (Å²) in [4.78, 5) is 6.30. The largest absolute Gasteiger partial charge is 0.307 e. The van der Waals surface area contributed by atoms with Crippen molar-refractivity contribution in [1.82, 2.24) is 14.2 Å². The second-order valence-corrected chi connectivity index (χ2v) is 7.87. The van der Waals surface area contributed by atoms with Gasteiger partial charge in [-0.15, -0.1) is 0 Å². The molecule has 1 unspecified atom stereocenters. The smallest absolute Gasteiger partial charge is 0.246 e. The van der Waals surface area contributed by atoms with Gasteiger partial charge in [-0.05, 0) is 35.5 Å². The van der Waals surface area contributed by atoms with Crippen molar-refractivity contribution in [3.05, 3.63) is 16.7 Å². The summed E-state index contributed by atoms with van der Waals surface area (Å²) in [6, 6.07) is 1.75. The number of aromatic nitrogens is 1. The molecular formula is C12H20BrN5O2S. The van der Waals surface area contributed by atoms with Crippen LogP contribution in [0.4, 0.5) is 5.82 Å². The van der Waals surface area contributed by atoms with Gasteiger partial charge in [0.05, 0.1) is 0 Å². The minimum Gasteiger partial charge on any atom is -0.307 e. The molecule has 118 valence electrons. The normalized spacial score (nSPS) is 21.4. The Bertz CT molecular complexity index is 610. The Kier molecular flexibility index (Phi) is 5.20. The lowest BCUT2D eigenvalue weighted by Gasteiger charge is -2.38. The molecule has 21 heavy (non-hydrogen) atoms. The highest BCUT2D eigenvalue weighted by atomic mass is 79.9. The molecule has 0 saturated carbocycles. The monoisotopic (exact) mass is 377 g/mol. The summed E-state index contributed by atoms with van der Waals surface area (Å²) in [6.07, 6.45) is 2.41. The molecule has 1 saturated heterocycles. The number of nitrogens with one attached hydrogen (secondary N) is 1. The predicted octanol–water partition coefficient (Wildman–Crippen LogP) is 0.844. The van der Waals surface area contributed by atoms with Crippen molar-refractivity contribution in [3.8, 4) is 0 Å². The minimum absolute atomic E-state index is 0.0961. The van der Waals surface area contributed by atoms with E-state index in [0.717, 1.165) is 6.42 Å². The fraction of sp³-hybridized carbons (Fsp3) is 0.583. The lowest BCUT2D eigenvalue weighted by Crippen LogP contribution is -2.52. The number of hydrogen-bond acceptors (Lipinski definition) is 6. The number of pyridine rings is 1. The molecule has 1 aliphatic rings. The van der Waals surface area contributed by atoms with Gasteiger partial charge in [-0.3, -0.25) is 0 Å². The molecule has 7 nitrogen and oxygen atoms in total. The third-order valence-corrected chi connectivity index (χ3v) is 6.10. The van der Waals surface area contributed by atoms with Gasteiger partial charge in [-0.1, -0.05) is 6.92 Å². The molecule has 2 heterocycles. The molecule has 2 rings (SSSR count). The Labute approximate surface area is 133 Å². The number of hydrazine groups is 1. The van der Waals surface area contributed by atoms with E-state index >= 15 is 0 Å². The Morgan fingerprint density at radius 2 is 2.24 bits per heavy atom. The number of rotatable bonds is 4. The van der Waals surface area contributed by atoms with E-state index in [0.29, 0.717) is 24.1 Å². The van der Waals surface area contributed by atoms with Crippen LogP contribution in [0, 0.1) is 0 Å². The minimum atomic E-state index is -3.62. The lowest BCUT2D eigenvalue weighted by molar-refractivity contribution is 0.144. The zero-order chi connectivity index (χ0) is 15.6. The second kappa shape index (κ2) is 6.57. The number of hydrogen-bond donors (Lipinski definition) is 2. The van der Waals surface area contributed by atoms with Crippen LogP contribution in [0.1, 0.15) is 13.3 Å². The van der Waals surface area contributed by atoms with Crippen LogP contribution in [0.3, 0.4) is 0 Å². The standard InChI is InChI=1S/C12H20BrN5O2S/c1-3-10-8-18(5-4-17(10)2)21(19,20)11-6-9(13)7-15-12(11)16-14/h6-7,10H,3-5,8,14H2,1-2H3,(H,15,16). The van der Waals surface area contributed by atoms with E-state index in [1.807, 2.05) is 7.05 Å². The van der Waals surface area contributed by atoms with Crippen LogP contribution in [-0.4, -0.2) is 55.3 Å². The van der Waals surface area contributed by atoms with Gasteiger partial charge in [0.25, 0.3) is 0 Å². The summed E-state index contributed by atoms with van der Waals surface area (Å²) in [5, 5.41) is 0. The summed E-state index contributed by atoms with van der Waals surface area (Å²) in [6.45, 7) is 3.72. The van der Waals surface area contributed by atoms with E-state index in [-0.39, 0.29) is 16.8 Å². The first-order chi connectivity index (χ1) is 9.90. The van der Waals surface area contributed by atoms with Gasteiger partial charge in [0.1, 0.15) is 4.90 Å². The first-order valence-electron chi connectivity index (χ1n) is 6.72. The molecular weight excluding hydrogens is 358 g/mol. The Hall–Kier alpha value is -0.740. The van der Waals surface area contributed by atoms with E-state index in [1.54, 1.807) is 0 Å². The van der Waals surface area contributed by atoms with Crippen LogP contribution in [0.25, 0.3) is 0 Å². The van der Waals surface area contributed by atoms with Crippen molar-refractivity contribution in [2.24, 2.45) is 5.84 Å². The molecule has 3 N–H and O–H groups in total. The van der Waals surface area contributed by atoms with Gasteiger partial charge < -0.3 is 10.3 Å². The predicted molar refractivity (Wildman–Crippen MR) is 85.2 cm³/mol. The highest BCUT2D eigenvalue weighted by molar-refractivity contribution is 9.10. The van der Waals surface area contributed by atoms with E-state index < -0.39 is 10.0 Å². The SMILES string of the molecule is CCC1CN(S(=O)(=O)c2cc(Br)cnc2NN)CCN1C. The van der Waals surface area contributed by atoms with Crippen LogP contribution in [0.5, 0.6) is 0 Å². The molecule has 1 aromatic heterocycles. The first kappa shape index (κ1) is 16.6. The molecule has 9 heteroatoms. The summed E-state index contributed by atoms with van der Waals surface area (Å²) in [7, 11) is -1.60. The fourth-order valence-electron chi connectivity index (χ4n) is 2.44. The highest BCUT2D eigenvalue weighted by Crippen LogP contribution is 2.27. The number of nitrogens with two attached hydrogens (primary N) is 1. The Balaban J connectivity index is 2.36. The van der Waals surface area contributed by atoms with Crippen molar-refractivity contribution in [2.75, 3.05) is 32.1 Å². The number of nitrogens with zero attached hydrogens (tertiary/aromatic N) is 3. The number of anilines is 1. The quantitative estimate of drug-likeness (QED) is 0.596. The summed E-state index contributed by atoms with van der Waals surface area (Å²) in [5.41, 5.74) is 2.35. The molecule has 1 fully saturated rings. The molecule has 1 aromatic rings. The van der Waals surface area contributed by atoms with E-state index in [4.69, 9.17) is 5.84 Å². The summed E-state index contributed by atoms with van der Waals surface area (Å²) < 4.78 is 27.8. The molecule has 0 spiro atoms. The van der Waals surface area contributed by atoms with Crippen molar-refractivity contribution in [3.63, 3.8) is 0 Å². The summed E-state index contributed by atoms with van der Waals surface area (Å²) in [5.74, 6) is 5.54. The maximum absolute atomic E-state index is 12.8. The third kappa shape index (κ3) is 3.37. The van der Waals surface area contributed by atoms with Crippen LogP contribution in [0.2, 0.25) is 0 Å². The maximum atomic E-state index is 12.8. The van der Waals surface area contributed by atoms with Crippen LogP contribution >= 0.6 is 15.9 Å². The molecule has 0 aliphatic carbocycles. The van der Waals surface area contributed by atoms with Crippen molar-refractivity contribution < 1.29 is 8.42 Å². The van der Waals surface area contributed by atoms with E-state index in [2.05, 4.69) is 38.2 Å². The number of halogens is 1. The van der Waals surface area contributed by atoms with E-state index in [1.165, 1.54) is 16.6 Å². The van der Waals surface area contributed by atoms with Crippen LogP contribution in [-0.2, 0) is 10.0 Å². The molecule has 1 aliphatic heterocycles. The molecule has 0 amide bonds. The van der Waals surface area contributed by atoms with Gasteiger partial charge in [-0.25, -0.2) is 19.2 Å². The van der Waals surface area contributed by atoms with Gasteiger partial charge in [0.15, 0.2) is 5.82 Å². The average Bonchev–Trinajstić information content (AvgIpc) is 2.47. The average molecular weight is 378 g/mol. The first-order valence-corrected chi connectivity index (χ1v) is 8.96. The summed E-state index contributed by atoms with van der Waals surface area (Å²) >= 11 is 3.25. The van der Waals surface area contributed by atoms with Crippen molar-refractivity contribution in [2.45, 2.75) is 24.3 Å². The number of sulfonamides is 1. The Morgan fingerprint density at radius 3 is 2.86 bits per heavy atom. The zero-order valence-electron chi connectivity index (χ0n) is 12.1. The maximum Gasteiger partial charge on any atom is 0.246 e. The van der Waals surface area contributed by atoms with Crippen LogP contribution in [0.15, 0.2) is 21.6 Å². The van der Waals surface area contributed by atoms with Crippen molar-refractivity contribution >= 4 is 31.8 Å². The van der Waals surface area contributed by atoms with Gasteiger partial charge in [-0.2, -0.15) is 4.31 Å². The van der Waals surface area contributed by atoms with Gasteiger partial charge >= 0.3 is 0 Å².